The Kier molecular flexibility index (Phi) is 14.6. The van der Waals surface area contributed by atoms with Crippen molar-refractivity contribution in [3.05, 3.63) is 117 Å². The summed E-state index contributed by atoms with van der Waals surface area (Å²) < 4.78 is 11.7. The number of nitrogens with zero attached hydrogens (tertiary/aromatic N) is 1. The SMILES string of the molecule is CC#N.CCc1ccc(Oc2cc(C)c(C(=O)CBr)c(C)c2)cc1.CCc1ccc(Oc2cc(C)c(C(C)=O)c(C)c2)cc1. The summed E-state index contributed by atoms with van der Waals surface area (Å²) in [5.74, 6) is 3.36. The van der Waals surface area contributed by atoms with E-state index in [2.05, 4.69) is 54.0 Å². The summed E-state index contributed by atoms with van der Waals surface area (Å²) in [5.41, 5.74) is 7.94. The van der Waals surface area contributed by atoms with E-state index in [9.17, 15) is 9.59 Å². The number of carbonyl (C=O) groups excluding carboxylic acids is 2. The van der Waals surface area contributed by atoms with Gasteiger partial charge in [0.15, 0.2) is 11.6 Å². The molecule has 0 heterocycles. The van der Waals surface area contributed by atoms with Crippen molar-refractivity contribution in [3.63, 3.8) is 0 Å². The molecule has 4 rings (SSSR count). The molecule has 4 aromatic rings. The fourth-order valence-electron chi connectivity index (χ4n) is 4.89. The fraction of sp³-hybridized carbons (Fsp3) is 0.289. The Labute approximate surface area is 271 Å². The number of ketones is 2. The van der Waals surface area contributed by atoms with Gasteiger partial charge in [-0.05, 0) is 129 Å². The first-order valence-corrected chi connectivity index (χ1v) is 15.8. The van der Waals surface area contributed by atoms with Crippen LogP contribution < -0.4 is 9.47 Å². The normalized spacial score (nSPS) is 9.91. The quantitative estimate of drug-likeness (QED) is 0.132. The molecule has 44 heavy (non-hydrogen) atoms. The third-order valence-corrected chi connectivity index (χ3v) is 7.41. The monoisotopic (exact) mass is 655 g/mol. The summed E-state index contributed by atoms with van der Waals surface area (Å²) in [4.78, 5) is 23.5. The van der Waals surface area contributed by atoms with E-state index in [1.54, 1.807) is 13.0 Å². The van der Waals surface area contributed by atoms with Gasteiger partial charge in [0.1, 0.15) is 23.0 Å². The highest BCUT2D eigenvalue weighted by Crippen LogP contribution is 2.28. The Bertz CT molecular complexity index is 1550. The molecule has 0 spiro atoms. The van der Waals surface area contributed by atoms with Crippen molar-refractivity contribution in [3.8, 4) is 29.1 Å². The summed E-state index contributed by atoms with van der Waals surface area (Å²) in [7, 11) is 0. The number of nitriles is 1. The number of carbonyl (C=O) groups is 2. The number of ether oxygens (including phenoxy) is 2. The van der Waals surface area contributed by atoms with Gasteiger partial charge in [0.25, 0.3) is 0 Å². The highest BCUT2D eigenvalue weighted by Gasteiger charge is 2.13. The van der Waals surface area contributed by atoms with Crippen LogP contribution in [0.3, 0.4) is 0 Å². The molecular formula is C38H42BrNO4. The molecule has 0 aliphatic carbocycles. The Morgan fingerprint density at radius 1 is 0.659 bits per heavy atom. The van der Waals surface area contributed by atoms with E-state index in [0.29, 0.717) is 5.33 Å². The lowest BCUT2D eigenvalue weighted by Gasteiger charge is -2.12. The Morgan fingerprint density at radius 2 is 0.977 bits per heavy atom. The first-order chi connectivity index (χ1) is 21.0. The van der Waals surface area contributed by atoms with E-state index >= 15 is 0 Å². The predicted molar refractivity (Wildman–Crippen MR) is 183 cm³/mol. The summed E-state index contributed by atoms with van der Waals surface area (Å²) >= 11 is 3.22. The van der Waals surface area contributed by atoms with Crippen LogP contribution in [0.15, 0.2) is 72.8 Å². The standard InChI is InChI=1S/C18H19BrO2.C18H20O2.C2H3N/c1-4-14-5-7-15(8-6-14)21-16-9-12(2)18(13(3)10-16)17(20)11-19;1-5-15-6-8-16(9-7-15)20-17-10-12(2)18(14(4)19)13(3)11-17;1-2-3/h5-10H,4,11H2,1-3H3;6-11H,5H2,1-4H3;1H3. The van der Waals surface area contributed by atoms with Gasteiger partial charge < -0.3 is 9.47 Å². The maximum absolute atomic E-state index is 11.9. The van der Waals surface area contributed by atoms with Crippen LogP contribution in [-0.2, 0) is 12.8 Å². The van der Waals surface area contributed by atoms with Crippen LogP contribution in [0.1, 0.15) is 81.8 Å². The first kappa shape index (κ1) is 36.0. The lowest BCUT2D eigenvalue weighted by atomic mass is 9.99. The first-order valence-electron chi connectivity index (χ1n) is 14.6. The average Bonchev–Trinajstić information content (AvgIpc) is 2.97. The molecule has 0 radical (unpaired) electrons. The van der Waals surface area contributed by atoms with Gasteiger partial charge >= 0.3 is 0 Å². The highest BCUT2D eigenvalue weighted by molar-refractivity contribution is 9.09. The van der Waals surface area contributed by atoms with Gasteiger partial charge in [-0.1, -0.05) is 54.0 Å². The zero-order valence-electron chi connectivity index (χ0n) is 27.0. The molecule has 4 aromatic carbocycles. The second-order valence-electron chi connectivity index (χ2n) is 10.4. The van der Waals surface area contributed by atoms with Crippen LogP contribution in [0.25, 0.3) is 0 Å². The molecule has 0 amide bonds. The maximum Gasteiger partial charge on any atom is 0.173 e. The molecule has 0 aliphatic rings. The second-order valence-corrected chi connectivity index (χ2v) is 11.0. The van der Waals surface area contributed by atoms with Crippen molar-refractivity contribution in [2.24, 2.45) is 0 Å². The molecule has 5 nitrogen and oxygen atoms in total. The van der Waals surface area contributed by atoms with Crippen LogP contribution in [0.2, 0.25) is 0 Å². The predicted octanol–water partition coefficient (Wildman–Crippen LogP) is 10.6. The summed E-state index contributed by atoms with van der Waals surface area (Å²) in [6, 6.07) is 25.6. The van der Waals surface area contributed by atoms with Crippen LogP contribution in [0.5, 0.6) is 23.0 Å². The number of hydrogen-bond donors (Lipinski definition) is 0. The highest BCUT2D eigenvalue weighted by atomic mass is 79.9. The van der Waals surface area contributed by atoms with E-state index in [1.807, 2.05) is 76.2 Å². The van der Waals surface area contributed by atoms with Crippen molar-refractivity contribution in [1.82, 2.24) is 0 Å². The number of aryl methyl sites for hydroxylation is 6. The van der Waals surface area contributed by atoms with Gasteiger partial charge in [0.05, 0.1) is 11.4 Å². The third-order valence-electron chi connectivity index (χ3n) is 6.90. The molecule has 230 valence electrons. The van der Waals surface area contributed by atoms with Crippen LogP contribution in [0.4, 0.5) is 0 Å². The van der Waals surface area contributed by atoms with Crippen LogP contribution in [-0.4, -0.2) is 16.9 Å². The zero-order chi connectivity index (χ0) is 32.8. The summed E-state index contributed by atoms with van der Waals surface area (Å²) in [6.07, 6.45) is 2.04. The Hall–Kier alpha value is -4.21. The molecule has 0 saturated heterocycles. The van der Waals surface area contributed by atoms with Crippen molar-refractivity contribution in [1.29, 1.82) is 5.26 Å². The van der Waals surface area contributed by atoms with E-state index in [4.69, 9.17) is 14.7 Å². The molecule has 0 saturated carbocycles. The number of benzene rings is 4. The average molecular weight is 657 g/mol. The van der Waals surface area contributed by atoms with Crippen LogP contribution >= 0.6 is 15.9 Å². The minimum atomic E-state index is 0.0962. The van der Waals surface area contributed by atoms with Gasteiger partial charge in [-0.2, -0.15) is 5.26 Å². The van der Waals surface area contributed by atoms with Crippen molar-refractivity contribution in [2.75, 3.05) is 5.33 Å². The van der Waals surface area contributed by atoms with Gasteiger partial charge in [-0.25, -0.2) is 0 Å². The molecule has 0 bridgehead atoms. The molecular weight excluding hydrogens is 614 g/mol. The third kappa shape index (κ3) is 10.5. The molecule has 0 N–H and O–H groups in total. The zero-order valence-corrected chi connectivity index (χ0v) is 28.6. The number of alkyl halides is 1. The molecule has 0 atom stereocenters. The number of rotatable bonds is 9. The largest absolute Gasteiger partial charge is 0.457 e. The fourth-order valence-corrected chi connectivity index (χ4v) is 5.17. The Morgan fingerprint density at radius 3 is 1.25 bits per heavy atom. The van der Waals surface area contributed by atoms with Gasteiger partial charge in [0, 0.05) is 18.1 Å². The van der Waals surface area contributed by atoms with E-state index < -0.39 is 0 Å². The van der Waals surface area contributed by atoms with E-state index in [0.717, 1.165) is 69.2 Å². The minimum Gasteiger partial charge on any atom is -0.457 e. The lowest BCUT2D eigenvalue weighted by molar-refractivity contribution is 0.101. The molecule has 0 aromatic heterocycles. The van der Waals surface area contributed by atoms with Crippen molar-refractivity contribution < 1.29 is 19.1 Å². The second kappa shape index (κ2) is 17.8. The van der Waals surface area contributed by atoms with Gasteiger partial charge in [-0.3, -0.25) is 9.59 Å². The van der Waals surface area contributed by atoms with Gasteiger partial charge in [0.2, 0.25) is 0 Å². The van der Waals surface area contributed by atoms with E-state index in [-0.39, 0.29) is 11.6 Å². The molecule has 6 heteroatoms. The van der Waals surface area contributed by atoms with E-state index in [1.165, 1.54) is 18.1 Å². The van der Waals surface area contributed by atoms with Gasteiger partial charge in [-0.15, -0.1) is 0 Å². The molecule has 0 aliphatic heterocycles. The van der Waals surface area contributed by atoms with Crippen LogP contribution in [0, 0.1) is 39.0 Å². The topological polar surface area (TPSA) is 76.4 Å². The number of Topliss-reactive ketones (excluding diaryl/α,β-unsaturated/α-hetero) is 2. The molecule has 0 fully saturated rings. The maximum atomic E-state index is 11.9. The summed E-state index contributed by atoms with van der Waals surface area (Å²) in [6.45, 7) is 15.0. The smallest absolute Gasteiger partial charge is 0.173 e. The summed E-state index contributed by atoms with van der Waals surface area (Å²) in [5, 5.41) is 7.66. The lowest BCUT2D eigenvalue weighted by Crippen LogP contribution is -2.05. The van der Waals surface area contributed by atoms with Crippen molar-refractivity contribution in [2.45, 2.75) is 68.2 Å². The number of halogens is 1. The minimum absolute atomic E-state index is 0.0962. The van der Waals surface area contributed by atoms with Crippen molar-refractivity contribution >= 4 is 27.5 Å². The Balaban J connectivity index is 0.000000282. The molecule has 0 unspecified atom stereocenters. The number of hydrogen-bond acceptors (Lipinski definition) is 5.